The molecule has 0 fully saturated rings. The maximum atomic E-state index is 14.6. The molecule has 0 aliphatic rings. The van der Waals surface area contributed by atoms with Crippen molar-refractivity contribution in [3.8, 4) is 28.8 Å². The van der Waals surface area contributed by atoms with Crippen LogP contribution in [0.5, 0.6) is 23.1 Å². The molecule has 0 radical (unpaired) electrons. The van der Waals surface area contributed by atoms with Gasteiger partial charge < -0.3 is 29.0 Å². The molecule has 0 saturated heterocycles. The lowest BCUT2D eigenvalue weighted by atomic mass is 10.2. The van der Waals surface area contributed by atoms with Gasteiger partial charge in [0, 0.05) is 26.1 Å². The molecule has 216 valence electrons. The van der Waals surface area contributed by atoms with Gasteiger partial charge in [-0.3, -0.25) is 14.6 Å². The number of H-pyrrole nitrogens is 1. The molecule has 2 N–H and O–H groups in total. The molecule has 41 heavy (non-hydrogen) atoms. The Labute approximate surface area is 237 Å². The van der Waals surface area contributed by atoms with Crippen molar-refractivity contribution in [1.29, 1.82) is 0 Å². The smallest absolute Gasteiger partial charge is 0.332 e. The van der Waals surface area contributed by atoms with E-state index in [1.54, 1.807) is 6.07 Å². The van der Waals surface area contributed by atoms with E-state index in [2.05, 4.69) is 20.3 Å². The number of imidazole rings is 1. The van der Waals surface area contributed by atoms with Gasteiger partial charge in [0.05, 0.1) is 30.5 Å². The van der Waals surface area contributed by atoms with Gasteiger partial charge in [0.25, 0.3) is 5.91 Å². The number of hydrogen-bond acceptors (Lipinski definition) is 10. The number of nitrogens with zero attached hydrogens (tertiary/aromatic N) is 3. The summed E-state index contributed by atoms with van der Waals surface area (Å²) in [6, 6.07) is 7.04. The van der Waals surface area contributed by atoms with E-state index in [9.17, 15) is 18.8 Å². The Bertz CT molecular complexity index is 1670. The zero-order valence-electron chi connectivity index (χ0n) is 22.4. The highest BCUT2D eigenvalue weighted by atomic mass is 35.5. The third kappa shape index (κ3) is 6.32. The van der Waals surface area contributed by atoms with Crippen molar-refractivity contribution >= 4 is 34.6 Å². The van der Waals surface area contributed by atoms with Crippen LogP contribution in [0, 0.1) is 5.82 Å². The molecular weight excluding hydrogens is 565 g/mol. The van der Waals surface area contributed by atoms with Crippen LogP contribution in [-0.4, -0.2) is 59.3 Å². The summed E-state index contributed by atoms with van der Waals surface area (Å²) in [5, 5.41) is 2.46. The lowest BCUT2D eigenvalue weighted by molar-refractivity contribution is -0.142. The van der Waals surface area contributed by atoms with E-state index in [4.69, 9.17) is 35.3 Å². The number of hydrogen-bond donors (Lipinski definition) is 2. The summed E-state index contributed by atoms with van der Waals surface area (Å²) in [5.74, 6) is -1.13. The van der Waals surface area contributed by atoms with Crippen LogP contribution < -0.4 is 30.0 Å². The number of carbonyl (C=O) groups excluding carboxylic acids is 2. The van der Waals surface area contributed by atoms with Gasteiger partial charge in [-0.25, -0.2) is 18.7 Å². The Morgan fingerprint density at radius 3 is 2.51 bits per heavy atom. The Morgan fingerprint density at radius 2 is 1.83 bits per heavy atom. The van der Waals surface area contributed by atoms with Gasteiger partial charge in [0.15, 0.2) is 36.2 Å². The van der Waals surface area contributed by atoms with Crippen LogP contribution in [0.25, 0.3) is 16.9 Å². The number of fused-ring (bicyclic) bond motifs is 1. The molecule has 0 saturated carbocycles. The van der Waals surface area contributed by atoms with Crippen LogP contribution in [0.4, 0.5) is 4.39 Å². The summed E-state index contributed by atoms with van der Waals surface area (Å²) < 4.78 is 42.8. The molecule has 1 amide bonds. The van der Waals surface area contributed by atoms with Crippen LogP contribution in [0.15, 0.2) is 35.1 Å². The first kappa shape index (κ1) is 29.1. The van der Waals surface area contributed by atoms with E-state index in [1.165, 1.54) is 52.5 Å². The van der Waals surface area contributed by atoms with E-state index in [0.717, 1.165) is 4.57 Å². The number of halogens is 2. The SMILES string of the molecule is CNC(=O)COc1cc(Cl)c(-n2c(=O)[nH]c3c(OC)nc(COC(C)=O)nc32)cc1OCc1c(F)cccc1OC. The Balaban J connectivity index is 1.84. The number of benzene rings is 2. The summed E-state index contributed by atoms with van der Waals surface area (Å²) in [7, 11) is 4.19. The summed E-state index contributed by atoms with van der Waals surface area (Å²) in [4.78, 5) is 47.5. The number of carbonyl (C=O) groups is 2. The largest absolute Gasteiger partial charge is 0.496 e. The molecule has 15 heteroatoms. The molecule has 0 aliphatic carbocycles. The Kier molecular flexibility index (Phi) is 8.92. The molecule has 4 rings (SSSR count). The third-order valence-corrected chi connectivity index (χ3v) is 6.01. The number of esters is 1. The van der Waals surface area contributed by atoms with E-state index in [0.29, 0.717) is 0 Å². The lowest BCUT2D eigenvalue weighted by Gasteiger charge is -2.17. The minimum atomic E-state index is -0.653. The zero-order chi connectivity index (χ0) is 29.7. The molecule has 0 aliphatic heterocycles. The number of likely N-dealkylation sites (N-methyl/N-ethyl adjacent to an activating group) is 1. The van der Waals surface area contributed by atoms with Gasteiger partial charge in [-0.1, -0.05) is 17.7 Å². The van der Waals surface area contributed by atoms with Crippen molar-refractivity contribution in [2.24, 2.45) is 0 Å². The van der Waals surface area contributed by atoms with Crippen molar-refractivity contribution in [3.63, 3.8) is 0 Å². The van der Waals surface area contributed by atoms with Crippen molar-refractivity contribution in [1.82, 2.24) is 24.8 Å². The zero-order valence-corrected chi connectivity index (χ0v) is 23.1. The van der Waals surface area contributed by atoms with E-state index >= 15 is 0 Å². The molecule has 2 aromatic carbocycles. The van der Waals surface area contributed by atoms with E-state index < -0.39 is 23.4 Å². The molecule has 4 aromatic rings. The van der Waals surface area contributed by atoms with E-state index in [1.807, 2.05) is 0 Å². The fourth-order valence-electron chi connectivity index (χ4n) is 3.76. The van der Waals surface area contributed by atoms with Crippen LogP contribution in [0.3, 0.4) is 0 Å². The summed E-state index contributed by atoms with van der Waals surface area (Å²) in [6.45, 7) is 0.287. The highest BCUT2D eigenvalue weighted by Crippen LogP contribution is 2.37. The first-order chi connectivity index (χ1) is 19.7. The number of rotatable bonds is 11. The average molecular weight is 590 g/mol. The second-order valence-corrected chi connectivity index (χ2v) is 8.72. The first-order valence-electron chi connectivity index (χ1n) is 12.0. The van der Waals surface area contributed by atoms with Crippen molar-refractivity contribution in [3.05, 3.63) is 63.0 Å². The standard InChI is InChI=1S/C26H25ClFN5O8/c1-13(34)39-11-21-30-24-23(25(31-21)38-4)32-26(36)33(24)17-9-20(19(8-15(17)27)41-12-22(35)29-2)40-10-14-16(28)6-5-7-18(14)37-3/h5-9H,10-12H2,1-4H3,(H,29,35)(H,32,36). The van der Waals surface area contributed by atoms with Gasteiger partial charge in [0.1, 0.15) is 23.7 Å². The van der Waals surface area contributed by atoms with Crippen LogP contribution in [-0.2, 0) is 27.5 Å². The quantitative estimate of drug-likeness (QED) is 0.249. The fourth-order valence-corrected chi connectivity index (χ4v) is 4.00. The molecular formula is C26H25ClFN5O8. The number of nitrogens with one attached hydrogen (secondary N) is 2. The molecule has 0 bridgehead atoms. The minimum absolute atomic E-state index is 0.0230. The van der Waals surface area contributed by atoms with Crippen molar-refractivity contribution in [2.75, 3.05) is 27.9 Å². The third-order valence-electron chi connectivity index (χ3n) is 5.71. The van der Waals surface area contributed by atoms with Crippen LogP contribution in [0.1, 0.15) is 18.3 Å². The number of aromatic nitrogens is 4. The molecule has 0 unspecified atom stereocenters. The molecule has 0 atom stereocenters. The predicted molar refractivity (Wildman–Crippen MR) is 143 cm³/mol. The van der Waals surface area contributed by atoms with Crippen LogP contribution in [0.2, 0.25) is 5.02 Å². The monoisotopic (exact) mass is 589 g/mol. The Hall–Kier alpha value is -4.85. The van der Waals surface area contributed by atoms with Gasteiger partial charge >= 0.3 is 11.7 Å². The number of methoxy groups -OCH3 is 2. The average Bonchev–Trinajstić information content (AvgIpc) is 3.29. The number of ether oxygens (including phenoxy) is 5. The first-order valence-corrected chi connectivity index (χ1v) is 12.3. The van der Waals surface area contributed by atoms with Crippen molar-refractivity contribution < 1.29 is 37.7 Å². The highest BCUT2D eigenvalue weighted by molar-refractivity contribution is 6.32. The second-order valence-electron chi connectivity index (χ2n) is 8.32. The van der Waals surface area contributed by atoms with Crippen LogP contribution >= 0.6 is 11.6 Å². The highest BCUT2D eigenvalue weighted by Gasteiger charge is 2.22. The number of amides is 1. The van der Waals surface area contributed by atoms with Gasteiger partial charge in [-0.2, -0.15) is 4.98 Å². The molecule has 2 heterocycles. The normalized spacial score (nSPS) is 10.8. The predicted octanol–water partition coefficient (Wildman–Crippen LogP) is 2.69. The summed E-state index contributed by atoms with van der Waals surface area (Å²) in [6.07, 6.45) is 0. The lowest BCUT2D eigenvalue weighted by Crippen LogP contribution is -2.25. The van der Waals surface area contributed by atoms with Gasteiger partial charge in [0.2, 0.25) is 5.88 Å². The maximum absolute atomic E-state index is 14.6. The number of aromatic amines is 1. The fraction of sp³-hybridized carbons (Fsp3) is 0.269. The Morgan fingerprint density at radius 1 is 1.07 bits per heavy atom. The molecule has 13 nitrogen and oxygen atoms in total. The van der Waals surface area contributed by atoms with Crippen molar-refractivity contribution in [2.45, 2.75) is 20.1 Å². The maximum Gasteiger partial charge on any atom is 0.332 e. The van der Waals surface area contributed by atoms with Gasteiger partial charge in [-0.15, -0.1) is 0 Å². The topological polar surface area (TPSA) is 156 Å². The summed E-state index contributed by atoms with van der Waals surface area (Å²) in [5.41, 5.74) is -0.212. The summed E-state index contributed by atoms with van der Waals surface area (Å²) >= 11 is 6.59. The second kappa shape index (κ2) is 12.6. The van der Waals surface area contributed by atoms with E-state index in [-0.39, 0.29) is 76.2 Å². The molecule has 0 spiro atoms. The molecule has 2 aromatic heterocycles. The minimum Gasteiger partial charge on any atom is -0.496 e. The van der Waals surface area contributed by atoms with Gasteiger partial charge in [-0.05, 0) is 12.1 Å².